The Morgan fingerprint density at radius 3 is 2.81 bits per heavy atom. The molecule has 1 aromatic carbocycles. The maximum atomic E-state index is 13.4. The van der Waals surface area contributed by atoms with E-state index in [1.54, 1.807) is 24.3 Å². The SMILES string of the molecule is CCCOc1nc(Nc2ccc(F)c(OC)c2)ccc1N. The Morgan fingerprint density at radius 1 is 1.29 bits per heavy atom. The van der Waals surface area contributed by atoms with Crippen LogP contribution in [0.5, 0.6) is 11.6 Å². The maximum absolute atomic E-state index is 13.4. The van der Waals surface area contributed by atoms with Crippen LogP contribution in [0, 0.1) is 5.82 Å². The first-order chi connectivity index (χ1) is 10.1. The highest BCUT2D eigenvalue weighted by Gasteiger charge is 2.07. The Balaban J connectivity index is 2.19. The van der Waals surface area contributed by atoms with Crippen molar-refractivity contribution in [1.82, 2.24) is 4.98 Å². The summed E-state index contributed by atoms with van der Waals surface area (Å²) in [4.78, 5) is 4.29. The Kier molecular flexibility index (Phi) is 4.81. The van der Waals surface area contributed by atoms with Crippen LogP contribution in [-0.4, -0.2) is 18.7 Å². The van der Waals surface area contributed by atoms with E-state index in [-0.39, 0.29) is 5.75 Å². The third-order valence-electron chi connectivity index (χ3n) is 2.76. The molecule has 2 rings (SSSR count). The van der Waals surface area contributed by atoms with E-state index < -0.39 is 5.82 Å². The van der Waals surface area contributed by atoms with Gasteiger partial charge in [-0.15, -0.1) is 0 Å². The van der Waals surface area contributed by atoms with Gasteiger partial charge in [-0.3, -0.25) is 0 Å². The lowest BCUT2D eigenvalue weighted by atomic mass is 10.3. The number of pyridine rings is 1. The quantitative estimate of drug-likeness (QED) is 0.854. The zero-order valence-corrected chi connectivity index (χ0v) is 12.0. The second kappa shape index (κ2) is 6.78. The van der Waals surface area contributed by atoms with Crippen molar-refractivity contribution >= 4 is 17.2 Å². The fourth-order valence-corrected chi connectivity index (χ4v) is 1.72. The average molecular weight is 291 g/mol. The average Bonchev–Trinajstić information content (AvgIpc) is 2.49. The molecule has 112 valence electrons. The van der Waals surface area contributed by atoms with Gasteiger partial charge in [0.05, 0.1) is 19.4 Å². The molecule has 0 unspecified atom stereocenters. The van der Waals surface area contributed by atoms with E-state index in [1.807, 2.05) is 6.92 Å². The monoisotopic (exact) mass is 291 g/mol. The minimum absolute atomic E-state index is 0.165. The summed E-state index contributed by atoms with van der Waals surface area (Å²) >= 11 is 0. The van der Waals surface area contributed by atoms with Gasteiger partial charge in [0.2, 0.25) is 5.88 Å². The predicted molar refractivity (Wildman–Crippen MR) is 80.7 cm³/mol. The van der Waals surface area contributed by atoms with Crippen LogP contribution in [0.2, 0.25) is 0 Å². The van der Waals surface area contributed by atoms with Crippen molar-refractivity contribution in [2.45, 2.75) is 13.3 Å². The van der Waals surface area contributed by atoms with Gasteiger partial charge >= 0.3 is 0 Å². The fourth-order valence-electron chi connectivity index (χ4n) is 1.72. The summed E-state index contributed by atoms with van der Waals surface area (Å²) < 4.78 is 23.8. The summed E-state index contributed by atoms with van der Waals surface area (Å²) in [6.07, 6.45) is 0.869. The first-order valence-electron chi connectivity index (χ1n) is 6.64. The Hall–Kier alpha value is -2.50. The van der Waals surface area contributed by atoms with Crippen LogP contribution in [0.15, 0.2) is 30.3 Å². The molecule has 0 spiro atoms. The van der Waals surface area contributed by atoms with Gasteiger partial charge in [-0.25, -0.2) is 4.39 Å². The minimum atomic E-state index is -0.416. The van der Waals surface area contributed by atoms with Crippen molar-refractivity contribution in [3.05, 3.63) is 36.1 Å². The van der Waals surface area contributed by atoms with Crippen LogP contribution in [0.3, 0.4) is 0 Å². The van der Waals surface area contributed by atoms with Gasteiger partial charge in [0.1, 0.15) is 5.82 Å². The van der Waals surface area contributed by atoms with Crippen LogP contribution in [0.1, 0.15) is 13.3 Å². The van der Waals surface area contributed by atoms with Crippen molar-refractivity contribution in [3.8, 4) is 11.6 Å². The molecule has 0 aliphatic carbocycles. The molecule has 0 fully saturated rings. The normalized spacial score (nSPS) is 10.2. The number of rotatable bonds is 6. The molecule has 1 aromatic heterocycles. The molecule has 5 nitrogen and oxygen atoms in total. The van der Waals surface area contributed by atoms with Crippen molar-refractivity contribution in [3.63, 3.8) is 0 Å². The van der Waals surface area contributed by atoms with E-state index >= 15 is 0 Å². The summed E-state index contributed by atoms with van der Waals surface area (Å²) in [5, 5.41) is 3.06. The molecule has 0 atom stereocenters. The second-order valence-corrected chi connectivity index (χ2v) is 4.41. The first kappa shape index (κ1) is 14.9. The number of hydrogen-bond donors (Lipinski definition) is 2. The lowest BCUT2D eigenvalue weighted by molar-refractivity contribution is 0.307. The highest BCUT2D eigenvalue weighted by atomic mass is 19.1. The largest absolute Gasteiger partial charge is 0.494 e. The number of aromatic nitrogens is 1. The molecule has 0 saturated carbocycles. The zero-order chi connectivity index (χ0) is 15.2. The van der Waals surface area contributed by atoms with E-state index in [1.165, 1.54) is 13.2 Å². The van der Waals surface area contributed by atoms with E-state index in [2.05, 4.69) is 10.3 Å². The molecule has 1 heterocycles. The minimum Gasteiger partial charge on any atom is -0.494 e. The summed E-state index contributed by atoms with van der Waals surface area (Å²) in [7, 11) is 1.42. The topological polar surface area (TPSA) is 69.4 Å². The fraction of sp³-hybridized carbons (Fsp3) is 0.267. The molecular formula is C15H18FN3O2. The highest BCUT2D eigenvalue weighted by Crippen LogP contribution is 2.26. The number of nitrogens with two attached hydrogens (primary N) is 1. The van der Waals surface area contributed by atoms with Crippen molar-refractivity contribution < 1.29 is 13.9 Å². The summed E-state index contributed by atoms with van der Waals surface area (Å²) in [6.45, 7) is 2.55. The van der Waals surface area contributed by atoms with Crippen molar-refractivity contribution in [1.29, 1.82) is 0 Å². The molecule has 0 bridgehead atoms. The van der Waals surface area contributed by atoms with Gasteiger partial charge in [-0.1, -0.05) is 6.92 Å². The number of benzene rings is 1. The molecule has 0 radical (unpaired) electrons. The number of ether oxygens (including phenoxy) is 2. The number of nitrogens with one attached hydrogen (secondary N) is 1. The molecule has 0 aliphatic heterocycles. The van der Waals surface area contributed by atoms with Gasteiger partial charge in [-0.2, -0.15) is 4.98 Å². The molecule has 2 aromatic rings. The number of nitrogen functional groups attached to an aromatic ring is 1. The molecule has 3 N–H and O–H groups in total. The maximum Gasteiger partial charge on any atom is 0.239 e. The number of methoxy groups -OCH3 is 1. The molecule has 0 amide bonds. The van der Waals surface area contributed by atoms with Crippen LogP contribution in [-0.2, 0) is 0 Å². The zero-order valence-electron chi connectivity index (χ0n) is 12.0. The van der Waals surface area contributed by atoms with E-state index in [0.29, 0.717) is 29.7 Å². The molecule has 0 aliphatic rings. The van der Waals surface area contributed by atoms with Crippen molar-refractivity contribution in [2.24, 2.45) is 0 Å². The highest BCUT2D eigenvalue weighted by molar-refractivity contribution is 5.62. The standard InChI is InChI=1S/C15H18FN3O2/c1-3-8-21-15-12(17)6-7-14(19-15)18-10-4-5-11(16)13(9-10)20-2/h4-7,9H,3,8,17H2,1-2H3,(H,18,19). The molecule has 0 saturated heterocycles. The number of halogens is 1. The van der Waals surface area contributed by atoms with Crippen molar-refractivity contribution in [2.75, 3.05) is 24.8 Å². The van der Waals surface area contributed by atoms with E-state index in [0.717, 1.165) is 6.42 Å². The third-order valence-corrected chi connectivity index (χ3v) is 2.76. The van der Waals surface area contributed by atoms with E-state index in [9.17, 15) is 4.39 Å². The van der Waals surface area contributed by atoms with Gasteiger partial charge in [0.15, 0.2) is 11.6 Å². The Morgan fingerprint density at radius 2 is 2.10 bits per heavy atom. The van der Waals surface area contributed by atoms with Crippen LogP contribution < -0.4 is 20.5 Å². The van der Waals surface area contributed by atoms with E-state index in [4.69, 9.17) is 15.2 Å². The van der Waals surface area contributed by atoms with Gasteiger partial charge < -0.3 is 20.5 Å². The summed E-state index contributed by atoms with van der Waals surface area (Å²) in [6, 6.07) is 7.92. The predicted octanol–water partition coefficient (Wildman–Crippen LogP) is 3.34. The van der Waals surface area contributed by atoms with Crippen LogP contribution in [0.4, 0.5) is 21.6 Å². The van der Waals surface area contributed by atoms with Crippen LogP contribution >= 0.6 is 0 Å². The third kappa shape index (κ3) is 3.75. The summed E-state index contributed by atoms with van der Waals surface area (Å²) in [5.41, 5.74) is 6.94. The van der Waals surface area contributed by atoms with Gasteiger partial charge in [0.25, 0.3) is 0 Å². The number of nitrogens with zero attached hydrogens (tertiary/aromatic N) is 1. The summed E-state index contributed by atoms with van der Waals surface area (Å²) in [5.74, 6) is 0.693. The lowest BCUT2D eigenvalue weighted by Crippen LogP contribution is -2.03. The number of hydrogen-bond acceptors (Lipinski definition) is 5. The lowest BCUT2D eigenvalue weighted by Gasteiger charge is -2.11. The molecular weight excluding hydrogens is 273 g/mol. The van der Waals surface area contributed by atoms with Gasteiger partial charge in [-0.05, 0) is 30.7 Å². The Bertz CT molecular complexity index is 620. The molecule has 6 heteroatoms. The van der Waals surface area contributed by atoms with Crippen LogP contribution in [0.25, 0.3) is 0 Å². The first-order valence-corrected chi connectivity index (χ1v) is 6.64. The smallest absolute Gasteiger partial charge is 0.239 e. The molecule has 21 heavy (non-hydrogen) atoms. The Labute approximate surface area is 122 Å². The van der Waals surface area contributed by atoms with Gasteiger partial charge in [0, 0.05) is 11.8 Å². The second-order valence-electron chi connectivity index (χ2n) is 4.41. The number of anilines is 3.